The van der Waals surface area contributed by atoms with Crippen LogP contribution in [-0.4, -0.2) is 53.1 Å². The summed E-state index contributed by atoms with van der Waals surface area (Å²) < 4.78 is 32.1. The molecule has 0 fully saturated rings. The second-order valence-corrected chi connectivity index (χ2v) is 11.3. The summed E-state index contributed by atoms with van der Waals surface area (Å²) >= 11 is 0. The van der Waals surface area contributed by atoms with Crippen molar-refractivity contribution in [2.24, 2.45) is 0 Å². The zero-order valence-electron chi connectivity index (χ0n) is 23.2. The molecule has 0 heterocycles. The van der Waals surface area contributed by atoms with Crippen LogP contribution in [0.4, 0.5) is 0 Å². The molecule has 0 saturated carbocycles. The summed E-state index contributed by atoms with van der Waals surface area (Å²) in [4.78, 5) is 12.4. The Hall–Kier alpha value is -1.48. The summed E-state index contributed by atoms with van der Waals surface area (Å²) in [5.41, 5.74) is 0. The Morgan fingerprint density at radius 3 is 1.76 bits per heavy atom. The minimum absolute atomic E-state index is 0.270. The highest BCUT2D eigenvalue weighted by Crippen LogP contribution is 2.11. The standard InChI is InChI=1S/C29H53NO6S/c1-3-5-7-9-11-13-14-15-16-18-19-21-23-27(31)26(25-37(34,35)36)30-29(33)28(32)24-22-20-17-12-10-8-6-4-2/h9,11,15-16,21,23,26-28,31-32H,3-8,10,12-14,17-20,22,24-25H2,1-2H3,(H,30,33)(H,34,35,36)/b11-9+,16-15+,23-21+. The molecule has 0 spiro atoms. The van der Waals surface area contributed by atoms with Crippen molar-refractivity contribution >= 4 is 16.0 Å². The van der Waals surface area contributed by atoms with E-state index >= 15 is 0 Å². The Balaban J connectivity index is 4.42. The van der Waals surface area contributed by atoms with E-state index in [0.717, 1.165) is 44.9 Å². The molecule has 216 valence electrons. The van der Waals surface area contributed by atoms with E-state index in [1.165, 1.54) is 44.6 Å². The molecule has 4 N–H and O–H groups in total. The number of carbonyl (C=O) groups excluding carboxylic acids is 1. The number of carbonyl (C=O) groups is 1. The van der Waals surface area contributed by atoms with Gasteiger partial charge in [-0.3, -0.25) is 9.35 Å². The first-order chi connectivity index (χ1) is 17.7. The Morgan fingerprint density at radius 2 is 1.22 bits per heavy atom. The molecule has 0 aliphatic heterocycles. The third-order valence-corrected chi connectivity index (χ3v) is 6.94. The van der Waals surface area contributed by atoms with Gasteiger partial charge in [0.1, 0.15) is 6.10 Å². The molecule has 0 rings (SSSR count). The lowest BCUT2D eigenvalue weighted by atomic mass is 10.0. The second-order valence-electron chi connectivity index (χ2n) is 9.80. The lowest BCUT2D eigenvalue weighted by molar-refractivity contribution is -0.130. The topological polar surface area (TPSA) is 124 Å². The number of unbranched alkanes of at least 4 members (excludes halogenated alkanes) is 11. The van der Waals surface area contributed by atoms with Gasteiger partial charge in [-0.2, -0.15) is 8.42 Å². The first kappa shape index (κ1) is 35.5. The van der Waals surface area contributed by atoms with Crippen molar-refractivity contribution in [3.8, 4) is 0 Å². The normalized spacial score (nSPS) is 15.1. The monoisotopic (exact) mass is 543 g/mol. The van der Waals surface area contributed by atoms with E-state index in [0.29, 0.717) is 12.8 Å². The smallest absolute Gasteiger partial charge is 0.267 e. The van der Waals surface area contributed by atoms with Crippen LogP contribution in [-0.2, 0) is 14.9 Å². The highest BCUT2D eigenvalue weighted by Gasteiger charge is 2.27. The average Bonchev–Trinajstić information content (AvgIpc) is 2.84. The SMILES string of the molecule is CCCC/C=C/CC/C=C/CC/C=C/C(O)C(CS(=O)(=O)O)NC(=O)C(O)CCCCCCCCCC. The van der Waals surface area contributed by atoms with Gasteiger partial charge < -0.3 is 15.5 Å². The van der Waals surface area contributed by atoms with Gasteiger partial charge in [-0.05, 0) is 38.5 Å². The second kappa shape index (κ2) is 23.6. The molecule has 0 aliphatic carbocycles. The molecular formula is C29H53NO6S. The fourth-order valence-corrected chi connectivity index (χ4v) is 4.62. The van der Waals surface area contributed by atoms with Gasteiger partial charge in [0.15, 0.2) is 0 Å². The molecule has 0 aromatic rings. The van der Waals surface area contributed by atoms with E-state index in [-0.39, 0.29) is 6.42 Å². The predicted molar refractivity (Wildman–Crippen MR) is 153 cm³/mol. The molecule has 8 heteroatoms. The van der Waals surface area contributed by atoms with Crippen LogP contribution < -0.4 is 5.32 Å². The van der Waals surface area contributed by atoms with Gasteiger partial charge >= 0.3 is 0 Å². The molecule has 37 heavy (non-hydrogen) atoms. The fraction of sp³-hybridized carbons (Fsp3) is 0.759. The van der Waals surface area contributed by atoms with Crippen molar-refractivity contribution in [1.29, 1.82) is 0 Å². The summed E-state index contributed by atoms with van der Waals surface area (Å²) in [5.74, 6) is -1.57. The fourth-order valence-electron chi connectivity index (χ4n) is 3.88. The maximum Gasteiger partial charge on any atom is 0.267 e. The molecule has 0 saturated heterocycles. The zero-order valence-corrected chi connectivity index (χ0v) is 24.0. The average molecular weight is 544 g/mol. The van der Waals surface area contributed by atoms with Crippen LogP contribution in [0.2, 0.25) is 0 Å². The molecule has 0 aliphatic rings. The minimum Gasteiger partial charge on any atom is -0.387 e. The van der Waals surface area contributed by atoms with Crippen molar-refractivity contribution in [3.05, 3.63) is 36.5 Å². The molecule has 0 bridgehead atoms. The predicted octanol–water partition coefficient (Wildman–Crippen LogP) is 6.03. The van der Waals surface area contributed by atoms with Crippen molar-refractivity contribution < 1.29 is 28.0 Å². The van der Waals surface area contributed by atoms with Gasteiger partial charge in [-0.25, -0.2) is 0 Å². The third kappa shape index (κ3) is 23.4. The van der Waals surface area contributed by atoms with E-state index in [1.54, 1.807) is 6.08 Å². The van der Waals surface area contributed by atoms with Gasteiger partial charge in [0.25, 0.3) is 10.1 Å². The number of aliphatic hydroxyl groups is 2. The Labute approximate surface area is 226 Å². The largest absolute Gasteiger partial charge is 0.387 e. The molecule has 0 radical (unpaired) electrons. The highest BCUT2D eigenvalue weighted by molar-refractivity contribution is 7.85. The summed E-state index contributed by atoms with van der Waals surface area (Å²) in [5, 5.41) is 23.0. The van der Waals surface area contributed by atoms with E-state index in [4.69, 9.17) is 0 Å². The molecule has 0 aromatic heterocycles. The number of allylic oxidation sites excluding steroid dienone is 5. The lowest BCUT2D eigenvalue weighted by Gasteiger charge is -2.22. The summed E-state index contributed by atoms with van der Waals surface area (Å²) in [6, 6.07) is -1.25. The van der Waals surface area contributed by atoms with Crippen LogP contribution in [0.5, 0.6) is 0 Å². The van der Waals surface area contributed by atoms with Gasteiger partial charge in [0.2, 0.25) is 5.91 Å². The van der Waals surface area contributed by atoms with Crippen LogP contribution >= 0.6 is 0 Å². The quantitative estimate of drug-likeness (QED) is 0.0669. The van der Waals surface area contributed by atoms with Crippen LogP contribution in [0.15, 0.2) is 36.5 Å². The zero-order chi connectivity index (χ0) is 27.8. The van der Waals surface area contributed by atoms with E-state index in [2.05, 4.69) is 43.5 Å². The number of hydrogen-bond acceptors (Lipinski definition) is 5. The summed E-state index contributed by atoms with van der Waals surface area (Å²) in [7, 11) is -4.44. The molecule has 0 aromatic carbocycles. The van der Waals surface area contributed by atoms with Crippen molar-refractivity contribution in [2.75, 3.05) is 5.75 Å². The first-order valence-corrected chi connectivity index (χ1v) is 15.9. The van der Waals surface area contributed by atoms with Crippen LogP contribution in [0.25, 0.3) is 0 Å². The molecule has 3 unspecified atom stereocenters. The number of rotatable bonds is 24. The number of hydrogen-bond donors (Lipinski definition) is 4. The number of nitrogens with one attached hydrogen (secondary N) is 1. The molecule has 1 amide bonds. The van der Waals surface area contributed by atoms with Crippen molar-refractivity contribution in [3.63, 3.8) is 0 Å². The Bertz CT molecular complexity index is 747. The maximum absolute atomic E-state index is 12.4. The number of amides is 1. The molecular weight excluding hydrogens is 490 g/mol. The molecule has 7 nitrogen and oxygen atoms in total. The first-order valence-electron chi connectivity index (χ1n) is 14.3. The van der Waals surface area contributed by atoms with Crippen LogP contribution in [0, 0.1) is 0 Å². The van der Waals surface area contributed by atoms with Gasteiger partial charge in [0.05, 0.1) is 17.9 Å². The van der Waals surface area contributed by atoms with Crippen LogP contribution in [0.3, 0.4) is 0 Å². The van der Waals surface area contributed by atoms with E-state index in [9.17, 15) is 28.0 Å². The number of aliphatic hydroxyl groups excluding tert-OH is 2. The Kier molecular flexibility index (Phi) is 22.7. The Morgan fingerprint density at radius 1 is 0.730 bits per heavy atom. The summed E-state index contributed by atoms with van der Waals surface area (Å²) in [6.07, 6.45) is 25.1. The minimum atomic E-state index is -4.44. The van der Waals surface area contributed by atoms with E-state index < -0.39 is 40.0 Å². The van der Waals surface area contributed by atoms with Crippen LogP contribution in [0.1, 0.15) is 117 Å². The highest BCUT2D eigenvalue weighted by atomic mass is 32.2. The van der Waals surface area contributed by atoms with Gasteiger partial charge in [0, 0.05) is 0 Å². The third-order valence-electron chi connectivity index (χ3n) is 6.15. The lowest BCUT2D eigenvalue weighted by Crippen LogP contribution is -2.50. The van der Waals surface area contributed by atoms with Crippen molar-refractivity contribution in [1.82, 2.24) is 5.32 Å². The summed E-state index contributed by atoms with van der Waals surface area (Å²) in [6.45, 7) is 4.36. The van der Waals surface area contributed by atoms with Gasteiger partial charge in [-0.1, -0.05) is 115 Å². The maximum atomic E-state index is 12.4. The van der Waals surface area contributed by atoms with Crippen molar-refractivity contribution in [2.45, 2.75) is 135 Å². The van der Waals surface area contributed by atoms with Gasteiger partial charge in [-0.15, -0.1) is 0 Å². The molecule has 3 atom stereocenters. The van der Waals surface area contributed by atoms with E-state index in [1.807, 2.05) is 0 Å².